The third-order valence-electron chi connectivity index (χ3n) is 1.55. The Labute approximate surface area is 76.6 Å². The molecule has 1 heterocycles. The highest BCUT2D eigenvalue weighted by molar-refractivity contribution is 7.74. The van der Waals surface area contributed by atoms with Gasteiger partial charge < -0.3 is 13.2 Å². The molecule has 2 aromatic rings. The van der Waals surface area contributed by atoms with Crippen LogP contribution in [0.3, 0.4) is 0 Å². The Morgan fingerprint density at radius 2 is 2.15 bits per heavy atom. The zero-order chi connectivity index (χ0) is 9.26. The number of fused-ring (bicyclic) bond motifs is 1. The fourth-order valence-corrected chi connectivity index (χ4v) is 1.28. The first-order valence-corrected chi connectivity index (χ1v) is 4.52. The standard InChI is InChI=1S/C8H6O4S/c9-13(10)12-8-5-6-3-1-2-4-7(6)11-8/h1-5H,(H,9,10)/p-1. The minimum absolute atomic E-state index is 0.0190. The third kappa shape index (κ3) is 1.71. The predicted octanol–water partition coefficient (Wildman–Crippen LogP) is 1.61. The molecular weight excluding hydrogens is 192 g/mol. The molecule has 1 aromatic carbocycles. The maximum absolute atomic E-state index is 10.2. The smallest absolute Gasteiger partial charge is 0.299 e. The fraction of sp³-hybridized carbons (Fsp3) is 0. The van der Waals surface area contributed by atoms with E-state index >= 15 is 0 Å². The molecule has 2 rings (SSSR count). The fourth-order valence-electron chi connectivity index (χ4n) is 1.07. The summed E-state index contributed by atoms with van der Waals surface area (Å²) in [5, 5.41) is 0.808. The van der Waals surface area contributed by atoms with Gasteiger partial charge in [0, 0.05) is 11.5 Å². The SMILES string of the molecule is O=S([O-])Oc1cc2ccccc2o1. The third-order valence-corrected chi connectivity index (χ3v) is 1.85. The van der Waals surface area contributed by atoms with Crippen LogP contribution in [0, 0.1) is 0 Å². The van der Waals surface area contributed by atoms with Gasteiger partial charge in [-0.1, -0.05) is 18.2 Å². The Bertz CT molecular complexity index is 415. The molecule has 1 aromatic heterocycles. The summed E-state index contributed by atoms with van der Waals surface area (Å²) in [5.41, 5.74) is 0.600. The van der Waals surface area contributed by atoms with Gasteiger partial charge in [0.15, 0.2) is 0 Å². The zero-order valence-electron chi connectivity index (χ0n) is 6.43. The van der Waals surface area contributed by atoms with Crippen molar-refractivity contribution in [2.45, 2.75) is 0 Å². The number of rotatable bonds is 2. The van der Waals surface area contributed by atoms with Gasteiger partial charge in [-0.05, 0) is 6.07 Å². The van der Waals surface area contributed by atoms with Crippen LogP contribution in [-0.4, -0.2) is 8.76 Å². The number of furan rings is 1. The van der Waals surface area contributed by atoms with E-state index in [1.165, 1.54) is 6.07 Å². The first-order chi connectivity index (χ1) is 6.25. The minimum Gasteiger partial charge on any atom is -0.740 e. The topological polar surface area (TPSA) is 62.5 Å². The lowest BCUT2D eigenvalue weighted by Gasteiger charge is -2.01. The van der Waals surface area contributed by atoms with Crippen molar-refractivity contribution in [1.82, 2.24) is 0 Å². The van der Waals surface area contributed by atoms with Gasteiger partial charge >= 0.3 is 0 Å². The van der Waals surface area contributed by atoms with Crippen molar-refractivity contribution in [1.29, 1.82) is 0 Å². The van der Waals surface area contributed by atoms with E-state index in [4.69, 9.17) is 4.42 Å². The summed E-state index contributed by atoms with van der Waals surface area (Å²) in [7, 11) is 0. The summed E-state index contributed by atoms with van der Waals surface area (Å²) in [6, 6.07) is 8.68. The molecule has 0 saturated heterocycles. The number of benzene rings is 1. The Hall–Kier alpha value is -1.33. The summed E-state index contributed by atoms with van der Waals surface area (Å²) in [4.78, 5) is 0. The molecule has 0 aliphatic heterocycles. The summed E-state index contributed by atoms with van der Waals surface area (Å²) < 4.78 is 29.7. The molecule has 0 aliphatic carbocycles. The quantitative estimate of drug-likeness (QED) is 0.686. The van der Waals surface area contributed by atoms with Crippen LogP contribution >= 0.6 is 0 Å². The van der Waals surface area contributed by atoms with Crippen molar-refractivity contribution >= 4 is 22.3 Å². The van der Waals surface area contributed by atoms with Crippen molar-refractivity contribution in [3.05, 3.63) is 30.3 Å². The summed E-state index contributed by atoms with van der Waals surface area (Å²) in [6.07, 6.45) is 0. The molecule has 1 unspecified atom stereocenters. The summed E-state index contributed by atoms with van der Waals surface area (Å²) >= 11 is -2.59. The molecular formula is C8H5O4S-. The van der Waals surface area contributed by atoms with Crippen LogP contribution in [0.2, 0.25) is 0 Å². The van der Waals surface area contributed by atoms with Gasteiger partial charge in [0.25, 0.3) is 5.95 Å². The molecule has 0 fully saturated rings. The van der Waals surface area contributed by atoms with Crippen LogP contribution in [0.5, 0.6) is 5.95 Å². The molecule has 1 atom stereocenters. The van der Waals surface area contributed by atoms with Crippen LogP contribution in [-0.2, 0) is 11.4 Å². The van der Waals surface area contributed by atoms with Gasteiger partial charge in [-0.15, -0.1) is 0 Å². The lowest BCUT2D eigenvalue weighted by atomic mass is 10.3. The van der Waals surface area contributed by atoms with Crippen molar-refractivity contribution in [3.8, 4) is 5.95 Å². The molecule has 13 heavy (non-hydrogen) atoms. The zero-order valence-corrected chi connectivity index (χ0v) is 7.24. The van der Waals surface area contributed by atoms with E-state index in [-0.39, 0.29) is 5.95 Å². The molecule has 0 aliphatic rings. The van der Waals surface area contributed by atoms with Crippen LogP contribution < -0.4 is 4.18 Å². The second-order valence-corrected chi connectivity index (χ2v) is 2.97. The highest BCUT2D eigenvalue weighted by Crippen LogP contribution is 2.24. The van der Waals surface area contributed by atoms with E-state index in [0.29, 0.717) is 5.58 Å². The van der Waals surface area contributed by atoms with E-state index < -0.39 is 11.4 Å². The first kappa shape index (κ1) is 8.28. The van der Waals surface area contributed by atoms with E-state index in [1.54, 1.807) is 18.2 Å². The van der Waals surface area contributed by atoms with Gasteiger partial charge in [0.05, 0.1) is 0 Å². The maximum Gasteiger partial charge on any atom is 0.299 e. The molecule has 0 spiro atoms. The van der Waals surface area contributed by atoms with Gasteiger partial charge in [-0.25, -0.2) is 4.21 Å². The van der Waals surface area contributed by atoms with Crippen molar-refractivity contribution in [2.75, 3.05) is 0 Å². The second-order valence-electron chi connectivity index (χ2n) is 2.39. The molecule has 5 heteroatoms. The molecule has 4 nitrogen and oxygen atoms in total. The van der Waals surface area contributed by atoms with Crippen LogP contribution in [0.4, 0.5) is 0 Å². The van der Waals surface area contributed by atoms with Gasteiger partial charge in [0.1, 0.15) is 16.9 Å². The highest BCUT2D eigenvalue weighted by atomic mass is 32.2. The summed E-state index contributed by atoms with van der Waals surface area (Å²) in [6.45, 7) is 0. The van der Waals surface area contributed by atoms with Crippen LogP contribution in [0.15, 0.2) is 34.7 Å². The minimum atomic E-state index is -2.59. The second kappa shape index (κ2) is 3.20. The van der Waals surface area contributed by atoms with Gasteiger partial charge in [-0.3, -0.25) is 0 Å². The van der Waals surface area contributed by atoms with Crippen LogP contribution in [0.25, 0.3) is 11.0 Å². The highest BCUT2D eigenvalue weighted by Gasteiger charge is 2.02. The molecule has 0 saturated carbocycles. The van der Waals surface area contributed by atoms with Crippen molar-refractivity contribution in [2.24, 2.45) is 0 Å². The van der Waals surface area contributed by atoms with E-state index in [2.05, 4.69) is 4.18 Å². The Morgan fingerprint density at radius 1 is 1.38 bits per heavy atom. The van der Waals surface area contributed by atoms with Crippen molar-refractivity contribution in [3.63, 3.8) is 0 Å². The molecule has 0 amide bonds. The van der Waals surface area contributed by atoms with Gasteiger partial charge in [-0.2, -0.15) is 0 Å². The number of hydrogen-bond donors (Lipinski definition) is 0. The molecule has 0 bridgehead atoms. The number of para-hydroxylation sites is 1. The first-order valence-electron chi connectivity index (χ1n) is 3.52. The van der Waals surface area contributed by atoms with E-state index in [1.807, 2.05) is 6.07 Å². The largest absolute Gasteiger partial charge is 0.740 e. The Kier molecular flexibility index (Phi) is 2.03. The average molecular weight is 197 g/mol. The molecule has 0 radical (unpaired) electrons. The molecule has 68 valence electrons. The lowest BCUT2D eigenvalue weighted by Crippen LogP contribution is -1.95. The Balaban J connectivity index is 2.44. The normalized spacial score (nSPS) is 13.0. The van der Waals surface area contributed by atoms with Crippen molar-refractivity contribution < 1.29 is 17.4 Å². The summed E-state index contributed by atoms with van der Waals surface area (Å²) in [5.74, 6) is -0.0190. The van der Waals surface area contributed by atoms with Crippen LogP contribution in [0.1, 0.15) is 0 Å². The lowest BCUT2D eigenvalue weighted by molar-refractivity contribution is 0.376. The Morgan fingerprint density at radius 3 is 2.85 bits per heavy atom. The molecule has 0 N–H and O–H groups in total. The van der Waals surface area contributed by atoms with Gasteiger partial charge in [0.2, 0.25) is 0 Å². The number of hydrogen-bond acceptors (Lipinski definition) is 4. The monoisotopic (exact) mass is 197 g/mol. The van der Waals surface area contributed by atoms with E-state index in [9.17, 15) is 8.76 Å². The predicted molar refractivity (Wildman–Crippen MR) is 45.8 cm³/mol. The maximum atomic E-state index is 10.2. The van der Waals surface area contributed by atoms with E-state index in [0.717, 1.165) is 5.39 Å². The average Bonchev–Trinajstić information content (AvgIpc) is 2.44.